The topological polar surface area (TPSA) is 85.4 Å². The number of aromatic nitrogens is 3. The van der Waals surface area contributed by atoms with Crippen LogP contribution >= 0.6 is 0 Å². The van der Waals surface area contributed by atoms with E-state index in [9.17, 15) is 4.79 Å². The Morgan fingerprint density at radius 1 is 1.55 bits per heavy atom. The van der Waals surface area contributed by atoms with Gasteiger partial charge in [0.2, 0.25) is 5.95 Å². The van der Waals surface area contributed by atoms with Crippen molar-refractivity contribution in [2.75, 3.05) is 19.0 Å². The van der Waals surface area contributed by atoms with Crippen molar-refractivity contribution in [3.63, 3.8) is 0 Å². The van der Waals surface area contributed by atoms with Crippen molar-refractivity contribution in [3.05, 3.63) is 30.0 Å². The SMILES string of the molecule is COCc1ccc(C2CCCN2C(=O)Nc2ncnn2C)o1. The number of nitrogens with one attached hydrogen (secondary N) is 1. The number of likely N-dealkylation sites (tertiary alicyclic amines) is 1. The summed E-state index contributed by atoms with van der Waals surface area (Å²) in [7, 11) is 3.35. The third-order valence-electron chi connectivity index (χ3n) is 3.74. The third kappa shape index (κ3) is 2.82. The molecule has 2 aromatic heterocycles. The van der Waals surface area contributed by atoms with Crippen LogP contribution in [0.1, 0.15) is 30.4 Å². The molecule has 0 bridgehead atoms. The molecule has 1 saturated heterocycles. The minimum atomic E-state index is -0.191. The maximum absolute atomic E-state index is 12.4. The number of amides is 2. The number of ether oxygens (including phenoxy) is 1. The van der Waals surface area contributed by atoms with Crippen LogP contribution in [0.15, 0.2) is 22.9 Å². The predicted octanol–water partition coefficient (Wildman–Crippen LogP) is 1.92. The number of nitrogens with zero attached hydrogens (tertiary/aromatic N) is 4. The average Bonchev–Trinajstić information content (AvgIpc) is 3.20. The van der Waals surface area contributed by atoms with Gasteiger partial charge in [-0.1, -0.05) is 0 Å². The number of urea groups is 1. The summed E-state index contributed by atoms with van der Waals surface area (Å²) in [5.74, 6) is 1.98. The molecule has 1 aliphatic heterocycles. The fourth-order valence-electron chi connectivity index (χ4n) is 2.68. The van der Waals surface area contributed by atoms with Crippen LogP contribution in [0.4, 0.5) is 10.7 Å². The first-order valence-corrected chi connectivity index (χ1v) is 7.18. The standard InChI is InChI=1S/C14H19N5O3/c1-18-13(15-9-16-18)17-14(20)19-7-3-4-11(19)12-6-5-10(22-12)8-21-2/h5-6,9,11H,3-4,7-8H2,1-2H3,(H,15,16,17,20). The van der Waals surface area contributed by atoms with Gasteiger partial charge in [-0.25, -0.2) is 9.48 Å². The average molecular weight is 305 g/mol. The fourth-order valence-corrected chi connectivity index (χ4v) is 2.68. The molecule has 8 heteroatoms. The highest BCUT2D eigenvalue weighted by Crippen LogP contribution is 2.33. The van der Waals surface area contributed by atoms with Gasteiger partial charge in [0, 0.05) is 20.7 Å². The van der Waals surface area contributed by atoms with E-state index in [1.807, 2.05) is 12.1 Å². The Balaban J connectivity index is 1.72. The molecule has 1 aliphatic rings. The minimum Gasteiger partial charge on any atom is -0.461 e. The lowest BCUT2D eigenvalue weighted by Gasteiger charge is -2.23. The molecular formula is C14H19N5O3. The zero-order chi connectivity index (χ0) is 15.5. The van der Waals surface area contributed by atoms with Crippen LogP contribution in [-0.4, -0.2) is 39.4 Å². The normalized spacial score (nSPS) is 17.9. The van der Waals surface area contributed by atoms with Gasteiger partial charge in [-0.15, -0.1) is 0 Å². The first-order chi connectivity index (χ1) is 10.7. The summed E-state index contributed by atoms with van der Waals surface area (Å²) in [6, 6.07) is 3.55. The van der Waals surface area contributed by atoms with Crippen LogP contribution in [0.2, 0.25) is 0 Å². The number of carbonyl (C=O) groups excluding carboxylic acids is 1. The molecule has 2 amide bonds. The van der Waals surface area contributed by atoms with Crippen molar-refractivity contribution in [1.82, 2.24) is 19.7 Å². The molecule has 0 aliphatic carbocycles. The van der Waals surface area contributed by atoms with Crippen LogP contribution in [0, 0.1) is 0 Å². The number of carbonyl (C=O) groups is 1. The van der Waals surface area contributed by atoms with Crippen molar-refractivity contribution in [3.8, 4) is 0 Å². The summed E-state index contributed by atoms with van der Waals surface area (Å²) < 4.78 is 12.3. The van der Waals surface area contributed by atoms with Gasteiger partial charge >= 0.3 is 6.03 Å². The number of hydrogen-bond acceptors (Lipinski definition) is 5. The highest BCUT2D eigenvalue weighted by atomic mass is 16.5. The van der Waals surface area contributed by atoms with Gasteiger partial charge in [-0.3, -0.25) is 5.32 Å². The second kappa shape index (κ2) is 6.18. The summed E-state index contributed by atoms with van der Waals surface area (Å²) >= 11 is 0. The fraction of sp³-hybridized carbons (Fsp3) is 0.500. The predicted molar refractivity (Wildman–Crippen MR) is 78.1 cm³/mol. The highest BCUT2D eigenvalue weighted by Gasteiger charge is 2.32. The Bertz CT molecular complexity index is 650. The second-order valence-corrected chi connectivity index (χ2v) is 5.23. The first kappa shape index (κ1) is 14.6. The van der Waals surface area contributed by atoms with E-state index in [1.165, 1.54) is 11.0 Å². The number of hydrogen-bond donors (Lipinski definition) is 1. The minimum absolute atomic E-state index is 0.0566. The largest absolute Gasteiger partial charge is 0.461 e. The van der Waals surface area contributed by atoms with Gasteiger partial charge in [0.15, 0.2) is 0 Å². The van der Waals surface area contributed by atoms with E-state index in [0.717, 1.165) is 24.4 Å². The van der Waals surface area contributed by atoms with E-state index in [1.54, 1.807) is 19.1 Å². The molecule has 0 saturated carbocycles. The van der Waals surface area contributed by atoms with Crippen molar-refractivity contribution in [1.29, 1.82) is 0 Å². The monoisotopic (exact) mass is 305 g/mol. The highest BCUT2D eigenvalue weighted by molar-refractivity contribution is 5.88. The molecule has 1 fully saturated rings. The maximum atomic E-state index is 12.4. The Morgan fingerprint density at radius 3 is 3.14 bits per heavy atom. The number of anilines is 1. The summed E-state index contributed by atoms with van der Waals surface area (Å²) in [4.78, 5) is 18.2. The van der Waals surface area contributed by atoms with E-state index in [2.05, 4.69) is 15.4 Å². The molecule has 3 heterocycles. The quantitative estimate of drug-likeness (QED) is 0.932. The van der Waals surface area contributed by atoms with Crippen molar-refractivity contribution in [2.45, 2.75) is 25.5 Å². The molecule has 0 radical (unpaired) electrons. The molecule has 2 aromatic rings. The molecule has 8 nitrogen and oxygen atoms in total. The molecule has 0 aromatic carbocycles. The number of methoxy groups -OCH3 is 1. The van der Waals surface area contributed by atoms with E-state index >= 15 is 0 Å². The number of rotatable bonds is 4. The van der Waals surface area contributed by atoms with Gasteiger partial charge in [-0.2, -0.15) is 10.1 Å². The Hall–Kier alpha value is -2.35. The van der Waals surface area contributed by atoms with Crippen LogP contribution in [0.3, 0.4) is 0 Å². The van der Waals surface area contributed by atoms with Crippen LogP contribution in [-0.2, 0) is 18.4 Å². The van der Waals surface area contributed by atoms with Gasteiger partial charge in [-0.05, 0) is 25.0 Å². The van der Waals surface area contributed by atoms with Crippen molar-refractivity contribution >= 4 is 12.0 Å². The second-order valence-electron chi connectivity index (χ2n) is 5.23. The lowest BCUT2D eigenvalue weighted by Crippen LogP contribution is -2.35. The first-order valence-electron chi connectivity index (χ1n) is 7.18. The molecule has 1 N–H and O–H groups in total. The molecule has 22 heavy (non-hydrogen) atoms. The van der Waals surface area contributed by atoms with Gasteiger partial charge < -0.3 is 14.1 Å². The molecule has 118 valence electrons. The zero-order valence-corrected chi connectivity index (χ0v) is 12.7. The molecule has 3 rings (SSSR count). The smallest absolute Gasteiger partial charge is 0.324 e. The third-order valence-corrected chi connectivity index (χ3v) is 3.74. The Morgan fingerprint density at radius 2 is 2.41 bits per heavy atom. The lowest BCUT2D eigenvalue weighted by atomic mass is 10.2. The summed E-state index contributed by atoms with van der Waals surface area (Å²) in [6.07, 6.45) is 3.23. The van der Waals surface area contributed by atoms with Gasteiger partial charge in [0.1, 0.15) is 24.5 Å². The maximum Gasteiger partial charge on any atom is 0.324 e. The molecule has 0 spiro atoms. The van der Waals surface area contributed by atoms with Gasteiger partial charge in [0.25, 0.3) is 0 Å². The van der Waals surface area contributed by atoms with Crippen LogP contribution < -0.4 is 5.32 Å². The number of aryl methyl sites for hydroxylation is 1. The lowest BCUT2D eigenvalue weighted by molar-refractivity contribution is 0.157. The van der Waals surface area contributed by atoms with E-state index in [0.29, 0.717) is 19.1 Å². The van der Waals surface area contributed by atoms with E-state index in [-0.39, 0.29) is 12.1 Å². The Labute approximate surface area is 128 Å². The van der Waals surface area contributed by atoms with Gasteiger partial charge in [0.05, 0.1) is 6.04 Å². The summed E-state index contributed by atoms with van der Waals surface area (Å²) in [5.41, 5.74) is 0. The van der Waals surface area contributed by atoms with Crippen molar-refractivity contribution < 1.29 is 13.9 Å². The summed E-state index contributed by atoms with van der Waals surface area (Å²) in [6.45, 7) is 1.12. The van der Waals surface area contributed by atoms with Crippen LogP contribution in [0.5, 0.6) is 0 Å². The molecule has 1 unspecified atom stereocenters. The molecular weight excluding hydrogens is 286 g/mol. The van der Waals surface area contributed by atoms with Crippen LogP contribution in [0.25, 0.3) is 0 Å². The number of furan rings is 1. The molecule has 1 atom stereocenters. The van der Waals surface area contributed by atoms with Crippen molar-refractivity contribution in [2.24, 2.45) is 7.05 Å². The summed E-state index contributed by atoms with van der Waals surface area (Å²) in [5, 5.41) is 6.71. The Kier molecular flexibility index (Phi) is 4.10. The van der Waals surface area contributed by atoms with E-state index in [4.69, 9.17) is 9.15 Å². The zero-order valence-electron chi connectivity index (χ0n) is 12.7. The van der Waals surface area contributed by atoms with E-state index < -0.39 is 0 Å².